The maximum absolute atomic E-state index is 10.4. The molecule has 0 atom stereocenters. The number of anilines is 2. The zero-order valence-electron chi connectivity index (χ0n) is 8.03. The first-order valence-corrected chi connectivity index (χ1v) is 4.78. The fraction of sp³-hybridized carbons (Fsp3) is 0.375. The van der Waals surface area contributed by atoms with Crippen molar-refractivity contribution in [2.45, 2.75) is 12.8 Å². The lowest BCUT2D eigenvalue weighted by Crippen LogP contribution is -2.13. The Labute approximate surface area is 92.0 Å². The van der Waals surface area contributed by atoms with Gasteiger partial charge in [0.05, 0.1) is 0 Å². The van der Waals surface area contributed by atoms with Gasteiger partial charge in [-0.2, -0.15) is 4.98 Å². The van der Waals surface area contributed by atoms with E-state index in [4.69, 9.17) is 23.1 Å². The van der Waals surface area contributed by atoms with Gasteiger partial charge in [0, 0.05) is 19.0 Å². The Morgan fingerprint density at radius 2 is 2.27 bits per heavy atom. The standard InChI is InChI=1S/C8H12ClN5O/c9-5-4-7(14-8(11)13-5)12-3-1-2-6(10)15/h4H,1-3H2,(H2,10,15)(H3,11,12,13,14). The molecular formula is C8H12ClN5O. The van der Waals surface area contributed by atoms with Crippen molar-refractivity contribution >= 4 is 29.3 Å². The van der Waals surface area contributed by atoms with Gasteiger partial charge in [0.25, 0.3) is 0 Å². The Balaban J connectivity index is 2.40. The molecule has 0 radical (unpaired) electrons. The third-order valence-corrected chi connectivity index (χ3v) is 1.81. The molecule has 6 nitrogen and oxygen atoms in total. The highest BCUT2D eigenvalue weighted by molar-refractivity contribution is 6.29. The Bertz CT molecular complexity index is 337. The number of amides is 1. The van der Waals surface area contributed by atoms with Gasteiger partial charge >= 0.3 is 0 Å². The number of rotatable bonds is 5. The monoisotopic (exact) mass is 229 g/mol. The number of hydrogen-bond acceptors (Lipinski definition) is 5. The van der Waals surface area contributed by atoms with Crippen LogP contribution in [0.5, 0.6) is 0 Å². The number of nitrogen functional groups attached to an aromatic ring is 1. The maximum Gasteiger partial charge on any atom is 0.223 e. The number of nitrogens with two attached hydrogens (primary N) is 2. The first-order chi connectivity index (χ1) is 7.08. The summed E-state index contributed by atoms with van der Waals surface area (Å²) >= 11 is 5.67. The fourth-order valence-electron chi connectivity index (χ4n) is 1.00. The van der Waals surface area contributed by atoms with E-state index in [1.165, 1.54) is 0 Å². The lowest BCUT2D eigenvalue weighted by atomic mass is 10.3. The molecule has 1 amide bonds. The van der Waals surface area contributed by atoms with Gasteiger partial charge in [-0.25, -0.2) is 4.98 Å². The molecular weight excluding hydrogens is 218 g/mol. The zero-order valence-corrected chi connectivity index (χ0v) is 8.79. The largest absolute Gasteiger partial charge is 0.370 e. The van der Waals surface area contributed by atoms with Crippen molar-refractivity contribution in [2.24, 2.45) is 5.73 Å². The van der Waals surface area contributed by atoms with Crippen molar-refractivity contribution in [3.8, 4) is 0 Å². The fourth-order valence-corrected chi connectivity index (χ4v) is 1.19. The van der Waals surface area contributed by atoms with Gasteiger partial charge in [0.2, 0.25) is 11.9 Å². The van der Waals surface area contributed by atoms with Crippen LogP contribution in [0.3, 0.4) is 0 Å². The number of primary amides is 1. The molecule has 82 valence electrons. The predicted molar refractivity (Wildman–Crippen MR) is 58.4 cm³/mol. The van der Waals surface area contributed by atoms with Crippen molar-refractivity contribution in [2.75, 3.05) is 17.6 Å². The third-order valence-electron chi connectivity index (χ3n) is 1.62. The number of nitrogens with one attached hydrogen (secondary N) is 1. The van der Waals surface area contributed by atoms with Crippen LogP contribution in [-0.4, -0.2) is 22.4 Å². The summed E-state index contributed by atoms with van der Waals surface area (Å²) in [5.74, 6) is 0.328. The zero-order chi connectivity index (χ0) is 11.3. The van der Waals surface area contributed by atoms with Crippen molar-refractivity contribution in [3.63, 3.8) is 0 Å². The molecule has 0 saturated carbocycles. The second-order valence-electron chi connectivity index (χ2n) is 2.93. The Kier molecular flexibility index (Phi) is 4.11. The molecule has 0 bridgehead atoms. The van der Waals surface area contributed by atoms with Crippen LogP contribution in [0.4, 0.5) is 11.8 Å². The van der Waals surface area contributed by atoms with E-state index in [9.17, 15) is 4.79 Å². The number of nitrogens with zero attached hydrogens (tertiary/aromatic N) is 2. The minimum atomic E-state index is -0.322. The molecule has 7 heteroatoms. The van der Waals surface area contributed by atoms with E-state index in [1.807, 2.05) is 0 Å². The van der Waals surface area contributed by atoms with Crippen LogP contribution in [-0.2, 0) is 4.79 Å². The number of aromatic nitrogens is 2. The minimum Gasteiger partial charge on any atom is -0.370 e. The first kappa shape index (κ1) is 11.5. The van der Waals surface area contributed by atoms with Crippen LogP contribution >= 0.6 is 11.6 Å². The highest BCUT2D eigenvalue weighted by atomic mass is 35.5. The molecule has 5 N–H and O–H groups in total. The first-order valence-electron chi connectivity index (χ1n) is 4.40. The van der Waals surface area contributed by atoms with E-state index in [0.717, 1.165) is 0 Å². The van der Waals surface area contributed by atoms with Gasteiger partial charge in [-0.1, -0.05) is 11.6 Å². The van der Waals surface area contributed by atoms with E-state index in [1.54, 1.807) is 6.07 Å². The quantitative estimate of drug-likeness (QED) is 0.500. The maximum atomic E-state index is 10.4. The molecule has 0 aliphatic heterocycles. The van der Waals surface area contributed by atoms with Crippen LogP contribution in [0.25, 0.3) is 0 Å². The molecule has 0 saturated heterocycles. The molecule has 1 rings (SSSR count). The second-order valence-corrected chi connectivity index (χ2v) is 3.32. The summed E-state index contributed by atoms with van der Waals surface area (Å²) in [6.07, 6.45) is 0.970. The average Bonchev–Trinajstić information content (AvgIpc) is 2.10. The van der Waals surface area contributed by atoms with Crippen LogP contribution in [0.15, 0.2) is 6.07 Å². The normalized spacial score (nSPS) is 9.93. The van der Waals surface area contributed by atoms with E-state index in [-0.39, 0.29) is 17.0 Å². The summed E-state index contributed by atoms with van der Waals surface area (Å²) in [6, 6.07) is 1.56. The molecule has 0 spiro atoms. The number of carbonyl (C=O) groups is 1. The lowest BCUT2D eigenvalue weighted by molar-refractivity contribution is -0.118. The van der Waals surface area contributed by atoms with E-state index < -0.39 is 0 Å². The Morgan fingerprint density at radius 1 is 1.53 bits per heavy atom. The summed E-state index contributed by atoms with van der Waals surface area (Å²) < 4.78 is 0. The smallest absolute Gasteiger partial charge is 0.223 e. The molecule has 15 heavy (non-hydrogen) atoms. The summed E-state index contributed by atoms with van der Waals surface area (Å²) in [5, 5.41) is 3.24. The molecule has 0 aromatic carbocycles. The number of carbonyl (C=O) groups excluding carboxylic acids is 1. The summed E-state index contributed by atoms with van der Waals surface area (Å²) in [5.41, 5.74) is 10.4. The van der Waals surface area contributed by atoms with Crippen molar-refractivity contribution in [1.29, 1.82) is 0 Å². The SMILES string of the molecule is NC(=O)CCCNc1cc(Cl)nc(N)n1. The topological polar surface area (TPSA) is 107 Å². The van der Waals surface area contributed by atoms with E-state index >= 15 is 0 Å². The van der Waals surface area contributed by atoms with Gasteiger partial charge in [-0.15, -0.1) is 0 Å². The predicted octanol–water partition coefficient (Wildman–Crippen LogP) is 0.390. The molecule has 1 aromatic heterocycles. The van der Waals surface area contributed by atoms with Crippen molar-refractivity contribution in [1.82, 2.24) is 9.97 Å². The van der Waals surface area contributed by atoms with Gasteiger partial charge < -0.3 is 16.8 Å². The van der Waals surface area contributed by atoms with Gasteiger partial charge in [-0.3, -0.25) is 4.79 Å². The highest BCUT2D eigenvalue weighted by Crippen LogP contribution is 2.12. The Morgan fingerprint density at radius 3 is 2.87 bits per heavy atom. The lowest BCUT2D eigenvalue weighted by Gasteiger charge is -2.05. The minimum absolute atomic E-state index is 0.111. The molecule has 0 fully saturated rings. The summed E-state index contributed by atoms with van der Waals surface area (Å²) in [7, 11) is 0. The van der Waals surface area contributed by atoms with Crippen molar-refractivity contribution in [3.05, 3.63) is 11.2 Å². The average molecular weight is 230 g/mol. The summed E-state index contributed by atoms with van der Waals surface area (Å²) in [6.45, 7) is 0.579. The van der Waals surface area contributed by atoms with E-state index in [2.05, 4.69) is 15.3 Å². The van der Waals surface area contributed by atoms with E-state index in [0.29, 0.717) is 25.2 Å². The number of hydrogen-bond donors (Lipinski definition) is 3. The van der Waals surface area contributed by atoms with Crippen molar-refractivity contribution < 1.29 is 4.79 Å². The Hall–Kier alpha value is -1.56. The molecule has 0 unspecified atom stereocenters. The van der Waals surface area contributed by atoms with Crippen LogP contribution in [0.1, 0.15) is 12.8 Å². The molecule has 1 heterocycles. The summed E-state index contributed by atoms with van der Waals surface area (Å²) in [4.78, 5) is 18.1. The third kappa shape index (κ3) is 4.46. The van der Waals surface area contributed by atoms with Gasteiger partial charge in [-0.05, 0) is 6.42 Å². The van der Waals surface area contributed by atoms with Crippen LogP contribution in [0, 0.1) is 0 Å². The van der Waals surface area contributed by atoms with Gasteiger partial charge in [0.15, 0.2) is 0 Å². The van der Waals surface area contributed by atoms with Crippen LogP contribution < -0.4 is 16.8 Å². The van der Waals surface area contributed by atoms with Gasteiger partial charge in [0.1, 0.15) is 11.0 Å². The highest BCUT2D eigenvalue weighted by Gasteiger charge is 2.00. The molecule has 0 aliphatic carbocycles. The molecule has 0 aliphatic rings. The second kappa shape index (κ2) is 5.35. The number of halogens is 1. The van der Waals surface area contributed by atoms with Crippen LogP contribution in [0.2, 0.25) is 5.15 Å². The molecule has 1 aromatic rings.